The zero-order chi connectivity index (χ0) is 21.9. The van der Waals surface area contributed by atoms with Crippen molar-refractivity contribution < 1.29 is 0 Å². The summed E-state index contributed by atoms with van der Waals surface area (Å²) in [6.45, 7) is 0. The zero-order valence-corrected chi connectivity index (χ0v) is 20.5. The molecule has 0 bridgehead atoms. The Morgan fingerprint density at radius 3 is 1.00 bits per heavy atom. The van der Waals surface area contributed by atoms with Crippen molar-refractivity contribution in [1.29, 1.82) is 0 Å². The van der Waals surface area contributed by atoms with Crippen LogP contribution in [0.2, 0.25) is 0 Å². The van der Waals surface area contributed by atoms with Gasteiger partial charge in [-0.15, -0.1) is 0 Å². The fourth-order valence-electron chi connectivity index (χ4n) is 4.15. The van der Waals surface area contributed by atoms with E-state index in [1.165, 1.54) is 44.5 Å². The number of benzene rings is 5. The maximum absolute atomic E-state index is 3.60. The maximum atomic E-state index is 3.60. The van der Waals surface area contributed by atoms with Crippen LogP contribution in [0.1, 0.15) is 0 Å². The van der Waals surface area contributed by atoms with Gasteiger partial charge in [-0.25, -0.2) is 0 Å². The molecule has 0 spiro atoms. The largest absolute Gasteiger partial charge is 0.0622 e. The molecule has 5 aromatic carbocycles. The van der Waals surface area contributed by atoms with Crippen LogP contribution in [-0.4, -0.2) is 0 Å². The smallest absolute Gasteiger partial charge is 0.0175 e. The molecule has 5 rings (SSSR count). The van der Waals surface area contributed by atoms with Gasteiger partial charge in [0.15, 0.2) is 0 Å². The van der Waals surface area contributed by atoms with E-state index >= 15 is 0 Å². The number of halogens is 2. The van der Waals surface area contributed by atoms with Crippen LogP contribution in [0.4, 0.5) is 0 Å². The molecule has 0 radical (unpaired) electrons. The monoisotopic (exact) mass is 538 g/mol. The van der Waals surface area contributed by atoms with Crippen molar-refractivity contribution in [2.45, 2.75) is 0 Å². The lowest BCUT2D eigenvalue weighted by molar-refractivity contribution is 1.53. The normalized spacial score (nSPS) is 10.8. The van der Waals surface area contributed by atoms with Crippen LogP contribution >= 0.6 is 31.9 Å². The van der Waals surface area contributed by atoms with Gasteiger partial charge in [-0.3, -0.25) is 0 Å². The first-order chi connectivity index (χ1) is 15.7. The highest BCUT2D eigenvalue weighted by Gasteiger charge is 2.19. The first-order valence-electron chi connectivity index (χ1n) is 10.5. The molecule has 0 saturated heterocycles. The van der Waals surface area contributed by atoms with E-state index in [0.29, 0.717) is 0 Å². The van der Waals surface area contributed by atoms with E-state index in [9.17, 15) is 0 Å². The van der Waals surface area contributed by atoms with Crippen LogP contribution in [0, 0.1) is 0 Å². The number of hydrogen-bond acceptors (Lipinski definition) is 0. The van der Waals surface area contributed by atoms with Crippen LogP contribution in [0.5, 0.6) is 0 Å². The summed E-state index contributed by atoms with van der Waals surface area (Å²) in [7, 11) is 0. The molecule has 32 heavy (non-hydrogen) atoms. The molecule has 0 unspecified atom stereocenters. The van der Waals surface area contributed by atoms with Gasteiger partial charge in [-0.1, -0.05) is 129 Å². The third-order valence-corrected chi connectivity index (χ3v) is 6.70. The lowest BCUT2D eigenvalue weighted by Crippen LogP contribution is -1.94. The quantitative estimate of drug-likeness (QED) is 0.213. The van der Waals surface area contributed by atoms with Crippen molar-refractivity contribution in [2.75, 3.05) is 0 Å². The highest BCUT2D eigenvalue weighted by molar-refractivity contribution is 9.10. The van der Waals surface area contributed by atoms with E-state index in [1.807, 2.05) is 0 Å². The number of rotatable bonds is 4. The Bertz CT molecular complexity index is 1230. The molecule has 0 aromatic heterocycles. The third kappa shape index (κ3) is 4.21. The molecule has 0 fully saturated rings. The van der Waals surface area contributed by atoms with E-state index in [2.05, 4.69) is 153 Å². The fraction of sp³-hybridized carbons (Fsp3) is 0. The van der Waals surface area contributed by atoms with Gasteiger partial charge in [-0.05, 0) is 68.8 Å². The van der Waals surface area contributed by atoms with Crippen molar-refractivity contribution in [3.8, 4) is 44.5 Å². The predicted molar refractivity (Wildman–Crippen MR) is 144 cm³/mol. The van der Waals surface area contributed by atoms with Crippen molar-refractivity contribution in [2.24, 2.45) is 0 Å². The van der Waals surface area contributed by atoms with Gasteiger partial charge in [0.1, 0.15) is 0 Å². The maximum Gasteiger partial charge on any atom is 0.0175 e. The molecule has 0 aliphatic rings. The van der Waals surface area contributed by atoms with E-state index in [1.54, 1.807) is 0 Å². The van der Waals surface area contributed by atoms with E-state index in [0.717, 1.165) is 8.95 Å². The second-order valence-corrected chi connectivity index (χ2v) is 9.49. The first kappa shape index (κ1) is 20.9. The van der Waals surface area contributed by atoms with Gasteiger partial charge in [0.2, 0.25) is 0 Å². The molecule has 2 heteroatoms. The van der Waals surface area contributed by atoms with Crippen LogP contribution in [0.3, 0.4) is 0 Å². The Morgan fingerprint density at radius 2 is 0.656 bits per heavy atom. The van der Waals surface area contributed by atoms with Crippen molar-refractivity contribution >= 4 is 31.9 Å². The summed E-state index contributed by atoms with van der Waals surface area (Å²) in [5, 5.41) is 0. The molecule has 0 N–H and O–H groups in total. The highest BCUT2D eigenvalue weighted by atomic mass is 79.9. The standard InChI is InChI=1S/C30H20Br2/c31-25-15-11-23(12-16-25)29-27(21-7-3-1-4-8-21)19-20-28(22-9-5-2-6-10-22)30(29)24-13-17-26(32)18-14-24/h1-20H. The van der Waals surface area contributed by atoms with Gasteiger partial charge in [0, 0.05) is 8.95 Å². The summed E-state index contributed by atoms with van der Waals surface area (Å²) in [5.74, 6) is 0. The van der Waals surface area contributed by atoms with Crippen LogP contribution in [-0.2, 0) is 0 Å². The Labute approximate surface area is 205 Å². The van der Waals surface area contributed by atoms with Crippen LogP contribution < -0.4 is 0 Å². The molecule has 5 aromatic rings. The van der Waals surface area contributed by atoms with Crippen molar-refractivity contribution in [3.63, 3.8) is 0 Å². The number of hydrogen-bond donors (Lipinski definition) is 0. The summed E-state index contributed by atoms with van der Waals surface area (Å²) in [6.07, 6.45) is 0. The summed E-state index contributed by atoms with van der Waals surface area (Å²) in [5.41, 5.74) is 9.76. The van der Waals surface area contributed by atoms with Crippen LogP contribution in [0.15, 0.2) is 130 Å². The third-order valence-electron chi connectivity index (χ3n) is 5.64. The van der Waals surface area contributed by atoms with Gasteiger partial charge < -0.3 is 0 Å². The lowest BCUT2D eigenvalue weighted by Gasteiger charge is -2.21. The molecule has 154 valence electrons. The van der Waals surface area contributed by atoms with Gasteiger partial charge in [0.05, 0.1) is 0 Å². The molecule has 0 saturated carbocycles. The predicted octanol–water partition coefficient (Wildman–Crippen LogP) is 9.88. The summed E-state index contributed by atoms with van der Waals surface area (Å²) in [6, 6.07) is 43.1. The average molecular weight is 540 g/mol. The molecule has 0 heterocycles. The second-order valence-electron chi connectivity index (χ2n) is 7.66. The van der Waals surface area contributed by atoms with Gasteiger partial charge >= 0.3 is 0 Å². The Kier molecular flexibility index (Phi) is 6.07. The zero-order valence-electron chi connectivity index (χ0n) is 17.3. The van der Waals surface area contributed by atoms with Crippen molar-refractivity contribution in [3.05, 3.63) is 130 Å². The van der Waals surface area contributed by atoms with Gasteiger partial charge in [0.25, 0.3) is 0 Å². The second kappa shape index (κ2) is 9.28. The summed E-state index contributed by atoms with van der Waals surface area (Å²) < 4.78 is 2.15. The SMILES string of the molecule is Brc1ccc(-c2c(-c3ccccc3)ccc(-c3ccccc3)c2-c2ccc(Br)cc2)cc1. The minimum absolute atomic E-state index is 1.08. The molecule has 0 amide bonds. The molecular weight excluding hydrogens is 520 g/mol. The Hall–Kier alpha value is -2.94. The highest BCUT2D eigenvalue weighted by Crippen LogP contribution is 2.45. The minimum atomic E-state index is 1.08. The van der Waals surface area contributed by atoms with E-state index < -0.39 is 0 Å². The van der Waals surface area contributed by atoms with E-state index in [4.69, 9.17) is 0 Å². The fourth-order valence-corrected chi connectivity index (χ4v) is 4.68. The first-order valence-corrected chi connectivity index (χ1v) is 12.1. The summed E-state index contributed by atoms with van der Waals surface area (Å²) >= 11 is 7.20. The molecule has 0 nitrogen and oxygen atoms in total. The Balaban J connectivity index is 1.90. The van der Waals surface area contributed by atoms with Gasteiger partial charge in [-0.2, -0.15) is 0 Å². The minimum Gasteiger partial charge on any atom is -0.0622 e. The molecule has 0 atom stereocenters. The van der Waals surface area contributed by atoms with E-state index in [-0.39, 0.29) is 0 Å². The molecule has 0 aliphatic carbocycles. The van der Waals surface area contributed by atoms with Crippen LogP contribution in [0.25, 0.3) is 44.5 Å². The summed E-state index contributed by atoms with van der Waals surface area (Å²) in [4.78, 5) is 0. The Morgan fingerprint density at radius 1 is 0.312 bits per heavy atom. The molecule has 0 aliphatic heterocycles. The lowest BCUT2D eigenvalue weighted by atomic mass is 9.83. The molecular formula is C30H20Br2. The average Bonchev–Trinajstić information content (AvgIpc) is 2.85. The topological polar surface area (TPSA) is 0 Å². The van der Waals surface area contributed by atoms with Crippen molar-refractivity contribution in [1.82, 2.24) is 0 Å².